The highest BCUT2D eigenvalue weighted by Crippen LogP contribution is 2.09. The summed E-state index contributed by atoms with van der Waals surface area (Å²) in [5, 5.41) is 2.96. The third kappa shape index (κ3) is 11.0. The van der Waals surface area contributed by atoms with E-state index in [1.54, 1.807) is 0 Å². The van der Waals surface area contributed by atoms with Gasteiger partial charge in [-0.2, -0.15) is 0 Å². The molecule has 0 unspecified atom stereocenters. The first-order valence-electron chi connectivity index (χ1n) is 10.3. The van der Waals surface area contributed by atoms with Gasteiger partial charge < -0.3 is 5.32 Å². The van der Waals surface area contributed by atoms with E-state index in [1.807, 2.05) is 0 Å². The molecule has 1 aliphatic rings. The van der Waals surface area contributed by atoms with E-state index in [2.05, 4.69) is 5.32 Å². The summed E-state index contributed by atoms with van der Waals surface area (Å²) in [6.45, 7) is 1.25. The minimum absolute atomic E-state index is 0.312. The molecule has 0 aliphatic carbocycles. The van der Waals surface area contributed by atoms with Crippen LogP contribution in [0.25, 0.3) is 0 Å². The maximum absolute atomic E-state index is 10.6. The second kappa shape index (κ2) is 15.6. The Kier molecular flexibility index (Phi) is 16.3. The minimum Gasteiger partial charge on any atom is -0.315 e. The van der Waals surface area contributed by atoms with Crippen molar-refractivity contribution in [1.82, 2.24) is 5.32 Å². The van der Waals surface area contributed by atoms with Gasteiger partial charge in [-0.1, -0.05) is 0 Å². The largest absolute Gasteiger partial charge is 0.315 e. The van der Waals surface area contributed by atoms with Crippen LogP contribution in [0.3, 0.4) is 0 Å². The molecule has 0 amide bonds. The van der Waals surface area contributed by atoms with Crippen molar-refractivity contribution in [1.29, 1.82) is 0 Å². The number of hydrogen-bond donors (Lipinski definition) is 1. The van der Waals surface area contributed by atoms with Crippen molar-refractivity contribution in [2.75, 3.05) is 24.6 Å². The summed E-state index contributed by atoms with van der Waals surface area (Å²) in [6.07, 6.45) is -9.56. The normalized spacial score (nSPS) is 13.9. The van der Waals surface area contributed by atoms with Crippen LogP contribution >= 0.6 is 0 Å². The van der Waals surface area contributed by atoms with Gasteiger partial charge in [-0.3, -0.25) is 0 Å². The van der Waals surface area contributed by atoms with Crippen LogP contribution in [0.4, 0.5) is 0 Å². The molecule has 120 valence electrons. The lowest BCUT2D eigenvalue weighted by atomic mass is 8.35. The van der Waals surface area contributed by atoms with Crippen LogP contribution < -0.4 is 5.32 Å². The van der Waals surface area contributed by atoms with Crippen molar-refractivity contribution in [3.8, 4) is 0 Å². The van der Waals surface area contributed by atoms with Gasteiger partial charge in [0.15, 0.2) is 9.84 Å². The third-order valence-electron chi connectivity index (χ3n) is 5.62. The van der Waals surface area contributed by atoms with Crippen molar-refractivity contribution in [2.45, 2.75) is 0 Å². The summed E-state index contributed by atoms with van der Waals surface area (Å²) in [4.78, 5) is 0. The maximum atomic E-state index is 10.6. The molecule has 1 fully saturated rings. The van der Waals surface area contributed by atoms with Crippen LogP contribution in [0.1, 0.15) is 0 Å². The lowest BCUT2D eigenvalue weighted by Gasteiger charge is -2.46. The van der Waals surface area contributed by atoms with Crippen LogP contribution in [0.15, 0.2) is 0 Å². The van der Waals surface area contributed by atoms with Crippen molar-refractivity contribution in [2.24, 2.45) is 0 Å². The Morgan fingerprint density at radius 3 is 0.969 bits per heavy atom. The zero-order chi connectivity index (χ0) is 25.4. The number of sulfone groups is 1. The average molecular weight is 395 g/mol. The van der Waals surface area contributed by atoms with Gasteiger partial charge >= 0.3 is 0 Å². The van der Waals surface area contributed by atoms with Crippen LogP contribution in [0, 0.1) is 0 Å². The molecule has 0 aromatic heterocycles. The van der Waals surface area contributed by atoms with Crippen molar-refractivity contribution < 1.29 is 8.42 Å². The summed E-state index contributed by atoms with van der Waals surface area (Å²) in [7, 11) is 73.6. The maximum Gasteiger partial charge on any atom is 0.152 e. The second-order valence-corrected chi connectivity index (χ2v) is 10.6. The first kappa shape index (κ1) is 33.5. The zero-order valence-corrected chi connectivity index (χ0v) is 19.2. The van der Waals surface area contributed by atoms with Crippen LogP contribution in [-0.2, 0) is 9.84 Å². The molecule has 1 heterocycles. The van der Waals surface area contributed by atoms with Crippen molar-refractivity contribution in [3.05, 3.63) is 0 Å². The fourth-order valence-electron chi connectivity index (χ4n) is 4.02. The molecule has 0 aromatic carbocycles. The molecule has 0 aromatic rings. The molecule has 0 saturated carbocycles. The molecule has 3 nitrogen and oxygen atoms in total. The predicted octanol–water partition coefficient (Wildman–Crippen LogP) is -10.1. The summed E-state index contributed by atoms with van der Waals surface area (Å²) < 4.78 is 21.2. The second-order valence-electron chi connectivity index (χ2n) is 8.25. The first-order valence-corrected chi connectivity index (χ1v) is 12.1. The van der Waals surface area contributed by atoms with Gasteiger partial charge in [0.05, 0.1) is 11.5 Å². The highest BCUT2D eigenvalue weighted by molar-refractivity contribution is 8.23. The van der Waals surface area contributed by atoms with Gasteiger partial charge in [0.2, 0.25) is 0 Å². The summed E-state index contributed by atoms with van der Waals surface area (Å²) >= 11 is 0. The molecule has 1 aliphatic heterocycles. The van der Waals surface area contributed by atoms with Crippen molar-refractivity contribution in [3.63, 3.8) is 0 Å². The third-order valence-corrected chi connectivity index (χ3v) is 7.28. The molecular formula is C4H9B24NO2S. The summed E-state index contributed by atoms with van der Waals surface area (Å²) in [5.41, 5.74) is 0. The fraction of sp³-hybridized carbons (Fsp3) is 1.00. The molecule has 0 bridgehead atoms. The molecule has 1 rings (SSSR count). The van der Waals surface area contributed by atoms with Crippen LogP contribution in [-0.4, -0.2) is 204 Å². The number of hydrogen-bond acceptors (Lipinski definition) is 3. The Morgan fingerprint density at radius 2 is 0.781 bits per heavy atom. The number of nitrogens with one attached hydrogen (secondary N) is 1. The highest BCUT2D eigenvalue weighted by atomic mass is 32.2. The van der Waals surface area contributed by atoms with E-state index in [0.29, 0.717) is 24.6 Å². The molecule has 0 atom stereocenters. The predicted molar refractivity (Wildman–Crippen MR) is 170 cm³/mol. The Hall–Kier alpha value is 1.47. The Balaban J connectivity index is 0.000000995. The van der Waals surface area contributed by atoms with E-state index < -0.39 is 80.1 Å². The standard InChI is InChI=1S/C4H9NO2S.B24/c6-8(7)3-1-5-2-4-8;1-14(2)20(13)23(19(11)12)24(21(15(3)4)16(5)6)22(17(7)8)18(9)10/h5H,1-4H2;. The lowest BCUT2D eigenvalue weighted by molar-refractivity contribution is 0.577. The number of rotatable bonds is 10. The SMILES string of the molecule is O=S1(=O)CCNCC1.[B]B([B])B([B])B(B([B])[B])B(B(B([B])[B])B([B])[B])B(B([B])[B])B([B])[B]. The van der Waals surface area contributed by atoms with Gasteiger partial charge in [-0.15, -0.1) is 0 Å². The Morgan fingerprint density at radius 1 is 0.469 bits per heavy atom. The molecule has 28 heteroatoms. The monoisotopic (exact) mass is 399 g/mol. The van der Waals surface area contributed by atoms with E-state index in [-0.39, 0.29) is 0 Å². The first-order chi connectivity index (χ1) is 14.5. The molecule has 1 N–H and O–H groups in total. The molecule has 26 radical (unpaired) electrons. The van der Waals surface area contributed by atoms with Crippen LogP contribution in [0.2, 0.25) is 0 Å². The lowest BCUT2D eigenvalue weighted by Crippen LogP contribution is -2.84. The summed E-state index contributed by atoms with van der Waals surface area (Å²) in [5.74, 6) is 0.625. The fourth-order valence-corrected chi connectivity index (χ4v) is 5.13. The molecule has 32 heavy (non-hydrogen) atoms. The quantitative estimate of drug-likeness (QED) is 0.374. The van der Waals surface area contributed by atoms with Crippen molar-refractivity contribution >= 4 is 181 Å². The highest BCUT2D eigenvalue weighted by Gasteiger charge is 2.48. The zero-order valence-electron chi connectivity index (χ0n) is 18.4. The van der Waals surface area contributed by atoms with E-state index in [9.17, 15) is 8.42 Å². The van der Waals surface area contributed by atoms with Gasteiger partial charge in [0, 0.05) is 184 Å². The Bertz CT molecular complexity index is 561. The summed E-state index contributed by atoms with van der Waals surface area (Å²) in [6, 6.07) is 0. The molecular weight excluding hydrogens is 386 g/mol. The van der Waals surface area contributed by atoms with E-state index >= 15 is 0 Å². The Labute approximate surface area is 218 Å². The molecule has 1 saturated heterocycles. The van der Waals surface area contributed by atoms with E-state index in [0.717, 1.165) is 0 Å². The van der Waals surface area contributed by atoms with Gasteiger partial charge in [0.1, 0.15) is 0 Å². The van der Waals surface area contributed by atoms with Crippen LogP contribution in [0.5, 0.6) is 0 Å². The topological polar surface area (TPSA) is 46.2 Å². The van der Waals surface area contributed by atoms with E-state index in [4.69, 9.17) is 101 Å². The van der Waals surface area contributed by atoms with Gasteiger partial charge in [-0.25, -0.2) is 8.42 Å². The minimum atomic E-state index is -2.65. The van der Waals surface area contributed by atoms with E-state index in [1.165, 1.54) is 0 Å². The smallest absolute Gasteiger partial charge is 0.152 e. The average Bonchev–Trinajstić information content (AvgIpc) is 2.60. The molecule has 0 spiro atoms. The van der Waals surface area contributed by atoms with Gasteiger partial charge in [-0.05, 0) is 0 Å². The van der Waals surface area contributed by atoms with Gasteiger partial charge in [0.25, 0.3) is 0 Å².